The maximum atomic E-state index is 12.0. The van der Waals surface area contributed by atoms with E-state index < -0.39 is 16.1 Å². The zero-order chi connectivity index (χ0) is 12.9. The van der Waals surface area contributed by atoms with Crippen molar-refractivity contribution in [1.82, 2.24) is 0 Å². The average molecular weight is 267 g/mol. The lowest BCUT2D eigenvalue weighted by Crippen LogP contribution is -2.43. The molecule has 18 heavy (non-hydrogen) atoms. The zero-order valence-electron chi connectivity index (χ0n) is 10.3. The Morgan fingerprint density at radius 1 is 1.28 bits per heavy atom. The monoisotopic (exact) mass is 267 g/mol. The minimum atomic E-state index is -3.29. The lowest BCUT2D eigenvalue weighted by Gasteiger charge is -2.34. The second-order valence-electron chi connectivity index (χ2n) is 5.21. The van der Waals surface area contributed by atoms with Crippen molar-refractivity contribution in [2.45, 2.75) is 37.3 Å². The Bertz CT molecular complexity index is 569. The molecular weight excluding hydrogens is 250 g/mol. The number of aliphatic hydroxyl groups is 1. The lowest BCUT2D eigenvalue weighted by atomic mass is 9.80. The van der Waals surface area contributed by atoms with Gasteiger partial charge in [0.15, 0.2) is 0 Å². The Kier molecular flexibility index (Phi) is 2.64. The standard InChI is InChI=1S/C13H17NO3S/c1-18(16,17)14-10-6-3-2-5-9(10)13-11(14)7-4-8-12(13)15/h2-3,5-6,11-13,15H,4,7-8H2,1H3/t11-,12+,13-/m0/s1. The van der Waals surface area contributed by atoms with Crippen molar-refractivity contribution in [2.24, 2.45) is 0 Å². The van der Waals surface area contributed by atoms with Crippen LogP contribution in [0.2, 0.25) is 0 Å². The molecule has 0 bridgehead atoms. The first-order valence-electron chi connectivity index (χ1n) is 6.26. The van der Waals surface area contributed by atoms with Gasteiger partial charge in [0.2, 0.25) is 10.0 Å². The molecule has 0 saturated heterocycles. The minimum absolute atomic E-state index is 0.0651. The highest BCUT2D eigenvalue weighted by molar-refractivity contribution is 7.92. The van der Waals surface area contributed by atoms with Crippen molar-refractivity contribution in [2.75, 3.05) is 10.6 Å². The fourth-order valence-corrected chi connectivity index (χ4v) is 4.65. The summed E-state index contributed by atoms with van der Waals surface area (Å²) in [5.74, 6) is -0.0651. The van der Waals surface area contributed by atoms with E-state index in [9.17, 15) is 13.5 Å². The Morgan fingerprint density at radius 2 is 2.00 bits per heavy atom. The summed E-state index contributed by atoms with van der Waals surface area (Å²) >= 11 is 0. The summed E-state index contributed by atoms with van der Waals surface area (Å²) in [6, 6.07) is 7.42. The first-order valence-corrected chi connectivity index (χ1v) is 8.11. The van der Waals surface area contributed by atoms with Crippen LogP contribution in [0.25, 0.3) is 0 Å². The summed E-state index contributed by atoms with van der Waals surface area (Å²) in [7, 11) is -3.29. The van der Waals surface area contributed by atoms with Gasteiger partial charge in [0.1, 0.15) is 0 Å². The number of anilines is 1. The van der Waals surface area contributed by atoms with Crippen LogP contribution in [0.3, 0.4) is 0 Å². The van der Waals surface area contributed by atoms with Gasteiger partial charge in [-0.1, -0.05) is 18.2 Å². The lowest BCUT2D eigenvalue weighted by molar-refractivity contribution is 0.101. The molecule has 1 aliphatic heterocycles. The molecular formula is C13H17NO3S. The molecule has 1 fully saturated rings. The van der Waals surface area contributed by atoms with E-state index in [4.69, 9.17) is 0 Å². The highest BCUT2D eigenvalue weighted by Crippen LogP contribution is 2.48. The molecule has 1 aromatic rings. The van der Waals surface area contributed by atoms with Gasteiger partial charge in [0.25, 0.3) is 0 Å². The van der Waals surface area contributed by atoms with Gasteiger partial charge in [0, 0.05) is 5.92 Å². The molecule has 0 unspecified atom stereocenters. The van der Waals surface area contributed by atoms with Crippen LogP contribution in [0.4, 0.5) is 5.69 Å². The maximum absolute atomic E-state index is 12.0. The molecule has 1 heterocycles. The van der Waals surface area contributed by atoms with Crippen LogP contribution in [0.5, 0.6) is 0 Å². The summed E-state index contributed by atoms with van der Waals surface area (Å²) in [5, 5.41) is 10.2. The highest BCUT2D eigenvalue weighted by atomic mass is 32.2. The van der Waals surface area contributed by atoms with Crippen LogP contribution in [0.1, 0.15) is 30.7 Å². The molecule has 98 valence electrons. The molecule has 3 rings (SSSR count). The van der Waals surface area contributed by atoms with Gasteiger partial charge in [-0.15, -0.1) is 0 Å². The van der Waals surface area contributed by atoms with Crippen LogP contribution in [-0.4, -0.2) is 31.9 Å². The fraction of sp³-hybridized carbons (Fsp3) is 0.538. The largest absolute Gasteiger partial charge is 0.392 e. The fourth-order valence-electron chi connectivity index (χ4n) is 3.40. The van der Waals surface area contributed by atoms with Crippen molar-refractivity contribution in [3.8, 4) is 0 Å². The number of hydrogen-bond donors (Lipinski definition) is 1. The number of aliphatic hydroxyl groups excluding tert-OH is 1. The molecule has 4 nitrogen and oxygen atoms in total. The Labute approximate surface area is 107 Å². The van der Waals surface area contributed by atoms with E-state index in [1.54, 1.807) is 0 Å². The maximum Gasteiger partial charge on any atom is 0.232 e. The van der Waals surface area contributed by atoms with Gasteiger partial charge in [-0.3, -0.25) is 4.31 Å². The number of para-hydroxylation sites is 1. The topological polar surface area (TPSA) is 57.6 Å². The first kappa shape index (κ1) is 12.0. The number of rotatable bonds is 1. The molecule has 3 atom stereocenters. The summed E-state index contributed by atoms with van der Waals surface area (Å²) in [4.78, 5) is 0. The number of sulfonamides is 1. The molecule has 0 aromatic heterocycles. The van der Waals surface area contributed by atoms with E-state index in [2.05, 4.69) is 0 Å². The van der Waals surface area contributed by atoms with Crippen LogP contribution >= 0.6 is 0 Å². The summed E-state index contributed by atoms with van der Waals surface area (Å²) < 4.78 is 25.5. The SMILES string of the molecule is CS(=O)(=O)N1c2ccccc2[C@@H]2[C@H](O)CCC[C@@H]21. The van der Waals surface area contributed by atoms with Crippen molar-refractivity contribution >= 4 is 15.7 Å². The molecule has 0 spiro atoms. The second-order valence-corrected chi connectivity index (χ2v) is 7.07. The summed E-state index contributed by atoms with van der Waals surface area (Å²) in [5.41, 5.74) is 1.72. The van der Waals surface area contributed by atoms with Gasteiger partial charge in [-0.25, -0.2) is 8.42 Å². The number of hydrogen-bond acceptors (Lipinski definition) is 3. The summed E-state index contributed by atoms with van der Waals surface area (Å²) in [6.45, 7) is 0. The van der Waals surface area contributed by atoms with E-state index in [-0.39, 0.29) is 12.0 Å². The van der Waals surface area contributed by atoms with Crippen molar-refractivity contribution < 1.29 is 13.5 Å². The zero-order valence-corrected chi connectivity index (χ0v) is 11.1. The van der Waals surface area contributed by atoms with Crippen LogP contribution in [0.15, 0.2) is 24.3 Å². The van der Waals surface area contributed by atoms with Gasteiger partial charge < -0.3 is 5.11 Å². The molecule has 1 N–H and O–H groups in total. The third-order valence-corrected chi connectivity index (χ3v) is 5.20. The Morgan fingerprint density at radius 3 is 2.72 bits per heavy atom. The molecule has 5 heteroatoms. The van der Waals surface area contributed by atoms with Gasteiger partial charge in [-0.05, 0) is 30.9 Å². The third kappa shape index (κ3) is 1.65. The Hall–Kier alpha value is -1.07. The quantitative estimate of drug-likeness (QED) is 0.838. The van der Waals surface area contributed by atoms with Gasteiger partial charge >= 0.3 is 0 Å². The number of benzene rings is 1. The van der Waals surface area contributed by atoms with E-state index >= 15 is 0 Å². The van der Waals surface area contributed by atoms with Crippen molar-refractivity contribution in [3.05, 3.63) is 29.8 Å². The van der Waals surface area contributed by atoms with Crippen molar-refractivity contribution in [1.29, 1.82) is 0 Å². The van der Waals surface area contributed by atoms with Crippen LogP contribution in [-0.2, 0) is 10.0 Å². The normalized spacial score (nSPS) is 31.0. The summed E-state index contributed by atoms with van der Waals surface area (Å²) in [6.07, 6.45) is 3.27. The molecule has 0 amide bonds. The van der Waals surface area contributed by atoms with Crippen molar-refractivity contribution in [3.63, 3.8) is 0 Å². The van der Waals surface area contributed by atoms with E-state index in [1.807, 2.05) is 24.3 Å². The van der Waals surface area contributed by atoms with Crippen LogP contribution in [0, 0.1) is 0 Å². The Balaban J connectivity index is 2.17. The second kappa shape index (κ2) is 3.96. The number of fused-ring (bicyclic) bond motifs is 3. The molecule has 1 saturated carbocycles. The van der Waals surface area contributed by atoms with E-state index in [1.165, 1.54) is 10.6 Å². The predicted octanol–water partition coefficient (Wildman–Crippen LogP) is 1.46. The molecule has 1 aliphatic carbocycles. The molecule has 0 radical (unpaired) electrons. The third-order valence-electron chi connectivity index (χ3n) is 4.02. The van der Waals surface area contributed by atoms with Crippen LogP contribution < -0.4 is 4.31 Å². The smallest absolute Gasteiger partial charge is 0.232 e. The molecule has 2 aliphatic rings. The van der Waals surface area contributed by atoms with E-state index in [0.717, 1.165) is 30.5 Å². The van der Waals surface area contributed by atoms with E-state index in [0.29, 0.717) is 0 Å². The average Bonchev–Trinajstić information content (AvgIpc) is 2.63. The highest BCUT2D eigenvalue weighted by Gasteiger charge is 2.47. The first-order chi connectivity index (χ1) is 8.50. The number of nitrogens with zero attached hydrogens (tertiary/aromatic N) is 1. The molecule has 1 aromatic carbocycles. The van der Waals surface area contributed by atoms with Gasteiger partial charge in [0.05, 0.1) is 24.1 Å². The minimum Gasteiger partial charge on any atom is -0.392 e. The van der Waals surface area contributed by atoms with Gasteiger partial charge in [-0.2, -0.15) is 0 Å². The predicted molar refractivity (Wildman–Crippen MR) is 70.2 cm³/mol.